The molecule has 0 radical (unpaired) electrons. The van der Waals surface area contributed by atoms with Crippen molar-refractivity contribution in [1.29, 1.82) is 0 Å². The molecule has 0 spiro atoms. The van der Waals surface area contributed by atoms with E-state index in [0.717, 1.165) is 5.56 Å². The summed E-state index contributed by atoms with van der Waals surface area (Å²) in [6.45, 7) is 3.92. The van der Waals surface area contributed by atoms with Gasteiger partial charge in [0, 0.05) is 17.8 Å². The van der Waals surface area contributed by atoms with Gasteiger partial charge in [-0.25, -0.2) is 9.78 Å². The molecule has 2 amide bonds. The SMILES string of the molecule is C=CC(O)Nc1ccccc1Nc1ncc2c(n1)N(Cc1ccccc1)C(=O)N(c1c(Cl)c(OC)cc(OC)c1Cl)C2. The molecule has 4 aromatic rings. The Kier molecular flexibility index (Phi) is 8.67. The molecule has 0 saturated heterocycles. The van der Waals surface area contributed by atoms with E-state index in [-0.39, 0.29) is 34.8 Å². The van der Waals surface area contributed by atoms with Gasteiger partial charge in [-0.2, -0.15) is 4.98 Å². The van der Waals surface area contributed by atoms with Gasteiger partial charge in [-0.1, -0.05) is 72.2 Å². The van der Waals surface area contributed by atoms with Crippen LogP contribution in [0.3, 0.4) is 0 Å². The number of urea groups is 1. The van der Waals surface area contributed by atoms with Crippen molar-refractivity contribution in [3.05, 3.63) is 101 Å². The van der Waals surface area contributed by atoms with Crippen molar-refractivity contribution in [2.75, 3.05) is 34.7 Å². The number of nitrogens with one attached hydrogen (secondary N) is 2. The minimum absolute atomic E-state index is 0.0964. The number of fused-ring (bicyclic) bond motifs is 1. The molecule has 0 saturated carbocycles. The molecule has 3 N–H and O–H groups in total. The fraction of sp³-hybridized carbons (Fsp3) is 0.167. The van der Waals surface area contributed by atoms with E-state index in [1.807, 2.05) is 48.5 Å². The number of rotatable bonds is 10. The van der Waals surface area contributed by atoms with Crippen molar-refractivity contribution < 1.29 is 19.4 Å². The van der Waals surface area contributed by atoms with E-state index in [0.29, 0.717) is 34.3 Å². The highest BCUT2D eigenvalue weighted by molar-refractivity contribution is 6.42. The van der Waals surface area contributed by atoms with Gasteiger partial charge >= 0.3 is 6.03 Å². The van der Waals surface area contributed by atoms with Crippen molar-refractivity contribution >= 4 is 58.1 Å². The van der Waals surface area contributed by atoms with Crippen molar-refractivity contribution in [2.24, 2.45) is 0 Å². The molecule has 42 heavy (non-hydrogen) atoms. The zero-order valence-electron chi connectivity index (χ0n) is 22.8. The van der Waals surface area contributed by atoms with E-state index < -0.39 is 12.3 Å². The fourth-order valence-electron chi connectivity index (χ4n) is 4.53. The van der Waals surface area contributed by atoms with Crippen LogP contribution in [0.15, 0.2) is 79.5 Å². The average molecular weight is 607 g/mol. The number of carbonyl (C=O) groups excluding carboxylic acids is 1. The maximum Gasteiger partial charge on any atom is 0.330 e. The number of hydrogen-bond acceptors (Lipinski definition) is 8. The highest BCUT2D eigenvalue weighted by Gasteiger charge is 2.36. The predicted molar refractivity (Wildman–Crippen MR) is 165 cm³/mol. The first-order valence-corrected chi connectivity index (χ1v) is 13.6. The topological polar surface area (TPSA) is 112 Å². The zero-order chi connectivity index (χ0) is 29.8. The molecule has 10 nitrogen and oxygen atoms in total. The molecule has 1 aliphatic rings. The molecule has 1 aromatic heterocycles. The Morgan fingerprint density at radius 3 is 2.33 bits per heavy atom. The summed E-state index contributed by atoms with van der Waals surface area (Å²) in [5, 5.41) is 16.5. The summed E-state index contributed by atoms with van der Waals surface area (Å²) in [6, 6.07) is 18.0. The Labute approximate surface area is 253 Å². The summed E-state index contributed by atoms with van der Waals surface area (Å²) in [6.07, 6.45) is 2.08. The molecule has 12 heteroatoms. The zero-order valence-corrected chi connectivity index (χ0v) is 24.4. The molecular formula is C30H28Cl2N6O4. The molecule has 5 rings (SSSR count). The highest BCUT2D eigenvalue weighted by Crippen LogP contribution is 2.48. The Morgan fingerprint density at radius 1 is 1.05 bits per heavy atom. The van der Waals surface area contributed by atoms with Crippen molar-refractivity contribution in [3.63, 3.8) is 0 Å². The van der Waals surface area contributed by atoms with Crippen molar-refractivity contribution in [3.8, 4) is 11.5 Å². The van der Waals surface area contributed by atoms with E-state index in [1.54, 1.807) is 23.2 Å². The first-order chi connectivity index (χ1) is 20.3. The molecule has 0 fully saturated rings. The average Bonchev–Trinajstić information content (AvgIpc) is 3.01. The number of para-hydroxylation sites is 2. The minimum atomic E-state index is -0.948. The largest absolute Gasteiger partial charge is 0.495 e. The van der Waals surface area contributed by atoms with Gasteiger partial charge in [0.15, 0.2) is 0 Å². The third-order valence-electron chi connectivity index (χ3n) is 6.59. The van der Waals surface area contributed by atoms with Gasteiger partial charge in [0.1, 0.15) is 33.6 Å². The normalized spacial score (nSPS) is 13.3. The van der Waals surface area contributed by atoms with Gasteiger partial charge < -0.3 is 25.2 Å². The quantitative estimate of drug-likeness (QED) is 0.137. The summed E-state index contributed by atoms with van der Waals surface area (Å²) in [7, 11) is 2.95. The lowest BCUT2D eigenvalue weighted by Crippen LogP contribution is -2.47. The number of benzene rings is 3. The maximum atomic E-state index is 14.2. The second-order valence-electron chi connectivity index (χ2n) is 9.24. The standard InChI is InChI=1S/C30H28Cl2N6O4/c1-4-24(39)34-20-12-8-9-13-21(20)35-29-33-15-19-17-37(27-25(31)22(41-2)14-23(42-3)26(27)32)30(40)38(28(19)36-29)16-18-10-6-5-7-11-18/h4-15,24,34,39H,1,16-17H2,2-3H3,(H,33,35,36). The van der Waals surface area contributed by atoms with Crippen LogP contribution in [0.25, 0.3) is 0 Å². The molecular weight excluding hydrogens is 579 g/mol. The third-order valence-corrected chi connectivity index (χ3v) is 7.32. The van der Waals surface area contributed by atoms with Gasteiger partial charge in [0.2, 0.25) is 5.95 Å². The molecule has 0 aliphatic carbocycles. The Bertz CT molecular complexity index is 1590. The van der Waals surface area contributed by atoms with Crippen LogP contribution in [0.5, 0.6) is 11.5 Å². The fourth-order valence-corrected chi connectivity index (χ4v) is 5.23. The minimum Gasteiger partial charge on any atom is -0.495 e. The summed E-state index contributed by atoms with van der Waals surface area (Å²) in [4.78, 5) is 26.5. The maximum absolute atomic E-state index is 14.2. The Hall–Kier alpha value is -4.51. The molecule has 3 aromatic carbocycles. The molecule has 1 aliphatic heterocycles. The summed E-state index contributed by atoms with van der Waals surface area (Å²) in [5.41, 5.74) is 3.05. The number of anilines is 5. The van der Waals surface area contributed by atoms with Gasteiger partial charge in [0.25, 0.3) is 0 Å². The number of aromatic nitrogens is 2. The second kappa shape index (κ2) is 12.6. The number of aliphatic hydroxyl groups is 1. The van der Waals surface area contributed by atoms with Crippen LogP contribution in [0.2, 0.25) is 10.0 Å². The van der Waals surface area contributed by atoms with E-state index >= 15 is 0 Å². The molecule has 2 heterocycles. The van der Waals surface area contributed by atoms with E-state index in [1.165, 1.54) is 25.2 Å². The molecule has 0 bridgehead atoms. The number of aliphatic hydroxyl groups excluding tert-OH is 1. The second-order valence-corrected chi connectivity index (χ2v) is 9.99. The number of carbonyl (C=O) groups is 1. The van der Waals surface area contributed by atoms with E-state index in [2.05, 4.69) is 22.2 Å². The van der Waals surface area contributed by atoms with Gasteiger partial charge in [-0.3, -0.25) is 9.80 Å². The van der Waals surface area contributed by atoms with Crippen LogP contribution < -0.4 is 29.9 Å². The molecule has 1 unspecified atom stereocenters. The lowest BCUT2D eigenvalue weighted by atomic mass is 10.1. The number of amides is 2. The van der Waals surface area contributed by atoms with E-state index in [9.17, 15) is 9.90 Å². The number of halogens is 2. The predicted octanol–water partition coefficient (Wildman–Crippen LogP) is 6.61. The number of hydrogen-bond donors (Lipinski definition) is 3. The molecule has 216 valence electrons. The first kappa shape index (κ1) is 29.0. The highest BCUT2D eigenvalue weighted by atomic mass is 35.5. The van der Waals surface area contributed by atoms with Gasteiger partial charge in [-0.15, -0.1) is 0 Å². The van der Waals surface area contributed by atoms with E-state index in [4.69, 9.17) is 37.7 Å². The number of nitrogens with zero attached hydrogens (tertiary/aromatic N) is 4. The number of ether oxygens (including phenoxy) is 2. The lowest BCUT2D eigenvalue weighted by Gasteiger charge is -2.37. The Morgan fingerprint density at radius 2 is 1.69 bits per heavy atom. The van der Waals surface area contributed by atoms with Crippen molar-refractivity contribution in [2.45, 2.75) is 19.3 Å². The summed E-state index contributed by atoms with van der Waals surface area (Å²) in [5.74, 6) is 1.31. The van der Waals surface area contributed by atoms with Crippen molar-refractivity contribution in [1.82, 2.24) is 9.97 Å². The van der Waals surface area contributed by atoms with Gasteiger partial charge in [-0.05, 0) is 23.8 Å². The summed E-state index contributed by atoms with van der Waals surface area (Å²) >= 11 is 13.4. The van der Waals surface area contributed by atoms with Crippen LogP contribution in [-0.4, -0.2) is 41.6 Å². The van der Waals surface area contributed by atoms with Gasteiger partial charge in [0.05, 0.1) is 44.4 Å². The van der Waals surface area contributed by atoms with Crippen LogP contribution in [0.4, 0.5) is 33.6 Å². The first-order valence-electron chi connectivity index (χ1n) is 12.9. The summed E-state index contributed by atoms with van der Waals surface area (Å²) < 4.78 is 10.9. The molecule has 1 atom stereocenters. The smallest absolute Gasteiger partial charge is 0.330 e. The van der Waals surface area contributed by atoms with Crippen LogP contribution >= 0.6 is 23.2 Å². The lowest BCUT2D eigenvalue weighted by molar-refractivity contribution is 0.249. The van der Waals surface area contributed by atoms with Crippen LogP contribution in [0, 0.1) is 0 Å². The number of methoxy groups -OCH3 is 2. The monoisotopic (exact) mass is 606 g/mol. The Balaban J connectivity index is 1.58. The third kappa shape index (κ3) is 5.78. The van der Waals surface area contributed by atoms with Crippen LogP contribution in [-0.2, 0) is 13.1 Å². The van der Waals surface area contributed by atoms with Crippen LogP contribution in [0.1, 0.15) is 11.1 Å².